The van der Waals surface area contributed by atoms with Gasteiger partial charge in [-0.15, -0.1) is 0 Å². The zero-order valence-electron chi connectivity index (χ0n) is 22.1. The zero-order valence-corrected chi connectivity index (χ0v) is 22.9. The highest BCUT2D eigenvalue weighted by molar-refractivity contribution is 7.92. The van der Waals surface area contributed by atoms with E-state index >= 15 is 0 Å². The summed E-state index contributed by atoms with van der Waals surface area (Å²) in [4.78, 5) is 27.0. The Morgan fingerprint density at radius 3 is 2.42 bits per heavy atom. The van der Waals surface area contributed by atoms with Crippen LogP contribution in [0.1, 0.15) is 82.7 Å². The van der Waals surface area contributed by atoms with E-state index in [0.29, 0.717) is 42.2 Å². The second kappa shape index (κ2) is 12.0. The summed E-state index contributed by atoms with van der Waals surface area (Å²) in [5.41, 5.74) is 4.07. The third-order valence-electron chi connectivity index (χ3n) is 6.94. The molecule has 0 saturated carbocycles. The number of amides is 1. The number of benzene rings is 2. The number of hydrogen-bond donors (Lipinski definition) is 2. The van der Waals surface area contributed by atoms with Crippen molar-refractivity contribution >= 4 is 27.4 Å². The molecule has 9 heteroatoms. The lowest BCUT2D eigenvalue weighted by atomic mass is 9.90. The van der Waals surface area contributed by atoms with E-state index in [0.717, 1.165) is 23.8 Å². The molecule has 2 heterocycles. The number of anilines is 1. The van der Waals surface area contributed by atoms with Gasteiger partial charge in [0.25, 0.3) is 5.91 Å². The van der Waals surface area contributed by atoms with Gasteiger partial charge in [0.1, 0.15) is 0 Å². The van der Waals surface area contributed by atoms with Gasteiger partial charge in [0.2, 0.25) is 10.0 Å². The van der Waals surface area contributed by atoms with Gasteiger partial charge in [-0.3, -0.25) is 14.3 Å². The first-order valence-electron chi connectivity index (χ1n) is 13.0. The second-order valence-corrected chi connectivity index (χ2v) is 11.4. The fourth-order valence-electron chi connectivity index (χ4n) is 4.99. The number of nitrogens with one attached hydrogen (secondary N) is 2. The summed E-state index contributed by atoms with van der Waals surface area (Å²) in [5, 5.41) is 3.13. The first-order chi connectivity index (χ1) is 18.2. The van der Waals surface area contributed by atoms with Gasteiger partial charge in [-0.1, -0.05) is 56.3 Å². The summed E-state index contributed by atoms with van der Waals surface area (Å²) in [5.74, 6) is -0.383. The van der Waals surface area contributed by atoms with Crippen molar-refractivity contribution in [3.05, 3.63) is 88.7 Å². The van der Waals surface area contributed by atoms with Crippen molar-refractivity contribution in [3.8, 4) is 0 Å². The SMILES string of the molecule is CC[C@@H](CC(=O)c1cc(C(=O)N[C@H](CC)c2ccccc2)c2n1CCOC2)c1cccc(NS(C)(=O)=O)c1. The summed E-state index contributed by atoms with van der Waals surface area (Å²) >= 11 is 0. The Labute approximate surface area is 224 Å². The Bertz CT molecular complexity index is 1400. The third-order valence-corrected chi connectivity index (χ3v) is 7.54. The second-order valence-electron chi connectivity index (χ2n) is 9.67. The van der Waals surface area contributed by atoms with Crippen LogP contribution in [0.2, 0.25) is 0 Å². The molecule has 0 unspecified atom stereocenters. The van der Waals surface area contributed by atoms with Gasteiger partial charge < -0.3 is 14.6 Å². The summed E-state index contributed by atoms with van der Waals surface area (Å²) < 4.78 is 33.4. The maximum absolute atomic E-state index is 13.6. The summed E-state index contributed by atoms with van der Waals surface area (Å²) in [6.07, 6.45) is 2.79. The Balaban J connectivity index is 1.57. The van der Waals surface area contributed by atoms with Crippen LogP contribution >= 0.6 is 0 Å². The smallest absolute Gasteiger partial charge is 0.253 e. The van der Waals surface area contributed by atoms with Crippen LogP contribution in [0.5, 0.6) is 0 Å². The van der Waals surface area contributed by atoms with E-state index < -0.39 is 10.0 Å². The average molecular weight is 538 g/mol. The van der Waals surface area contributed by atoms with Crippen molar-refractivity contribution in [1.82, 2.24) is 9.88 Å². The molecule has 202 valence electrons. The maximum Gasteiger partial charge on any atom is 0.253 e. The number of hydrogen-bond acceptors (Lipinski definition) is 5. The quantitative estimate of drug-likeness (QED) is 0.334. The monoisotopic (exact) mass is 537 g/mol. The van der Waals surface area contributed by atoms with Gasteiger partial charge in [0.15, 0.2) is 5.78 Å². The highest BCUT2D eigenvalue weighted by Gasteiger charge is 2.28. The van der Waals surface area contributed by atoms with E-state index in [4.69, 9.17) is 4.74 Å². The van der Waals surface area contributed by atoms with Crippen LogP contribution < -0.4 is 10.0 Å². The molecule has 8 nitrogen and oxygen atoms in total. The molecule has 0 radical (unpaired) electrons. The van der Waals surface area contributed by atoms with Crippen LogP contribution in [-0.4, -0.2) is 37.5 Å². The lowest BCUT2D eigenvalue weighted by Gasteiger charge is -2.21. The minimum atomic E-state index is -3.41. The van der Waals surface area contributed by atoms with E-state index in [1.165, 1.54) is 0 Å². The van der Waals surface area contributed by atoms with Crippen molar-refractivity contribution in [2.75, 3.05) is 17.6 Å². The Morgan fingerprint density at radius 2 is 1.74 bits per heavy atom. The average Bonchev–Trinajstić information content (AvgIpc) is 3.30. The Morgan fingerprint density at radius 1 is 1.00 bits per heavy atom. The number of carbonyl (C=O) groups is 2. The highest BCUT2D eigenvalue weighted by Crippen LogP contribution is 2.30. The predicted molar refractivity (Wildman–Crippen MR) is 148 cm³/mol. The molecule has 38 heavy (non-hydrogen) atoms. The number of fused-ring (bicyclic) bond motifs is 1. The highest BCUT2D eigenvalue weighted by atomic mass is 32.2. The summed E-state index contributed by atoms with van der Waals surface area (Å²) in [7, 11) is -3.41. The van der Waals surface area contributed by atoms with Crippen LogP contribution in [0.25, 0.3) is 0 Å². The molecule has 2 N–H and O–H groups in total. The first kappa shape index (κ1) is 27.6. The molecule has 1 aromatic heterocycles. The van der Waals surface area contributed by atoms with Crippen LogP contribution in [-0.2, 0) is 27.9 Å². The maximum atomic E-state index is 13.6. The van der Waals surface area contributed by atoms with Gasteiger partial charge in [0, 0.05) is 18.7 Å². The van der Waals surface area contributed by atoms with Crippen LogP contribution in [0.15, 0.2) is 60.7 Å². The van der Waals surface area contributed by atoms with Crippen LogP contribution in [0.4, 0.5) is 5.69 Å². The largest absolute Gasteiger partial charge is 0.373 e. The molecule has 3 aromatic rings. The van der Waals surface area contributed by atoms with E-state index in [-0.39, 0.29) is 36.7 Å². The number of Topliss-reactive ketones (excluding diaryl/α,β-unsaturated/α-hetero) is 1. The lowest BCUT2D eigenvalue weighted by molar-refractivity contribution is 0.0780. The van der Waals surface area contributed by atoms with Gasteiger partial charge in [0.05, 0.1) is 42.5 Å². The zero-order chi connectivity index (χ0) is 27.3. The van der Waals surface area contributed by atoms with E-state index in [1.807, 2.05) is 54.8 Å². The van der Waals surface area contributed by atoms with Crippen molar-refractivity contribution in [2.45, 2.75) is 58.2 Å². The molecular formula is C29H35N3O5S. The number of ketones is 1. The van der Waals surface area contributed by atoms with Crippen LogP contribution in [0.3, 0.4) is 0 Å². The standard InChI is InChI=1S/C29H35N3O5S/c1-4-20(22-12-9-13-23(16-22)31-38(3,35)36)17-28(33)26-18-24(27-19-37-15-14-32(26)27)29(34)30-25(5-2)21-10-7-6-8-11-21/h6-13,16,18,20,25,31H,4-5,14-15,17,19H2,1-3H3,(H,30,34)/t20-,25+/m0/s1. The van der Waals surface area contributed by atoms with Gasteiger partial charge in [-0.05, 0) is 48.1 Å². The first-order valence-corrected chi connectivity index (χ1v) is 14.9. The number of ether oxygens (including phenoxy) is 1. The Kier molecular flexibility index (Phi) is 8.69. The number of carbonyl (C=O) groups excluding carboxylic acids is 2. The number of nitrogens with zero attached hydrogens (tertiary/aromatic N) is 1. The fraction of sp³-hybridized carbons (Fsp3) is 0.379. The molecule has 2 atom stereocenters. The van der Waals surface area contributed by atoms with E-state index in [9.17, 15) is 18.0 Å². The molecule has 0 bridgehead atoms. The fourth-order valence-corrected chi connectivity index (χ4v) is 5.55. The Hall–Kier alpha value is -3.43. The third kappa shape index (κ3) is 6.52. The van der Waals surface area contributed by atoms with E-state index in [2.05, 4.69) is 10.0 Å². The molecular weight excluding hydrogens is 502 g/mol. The van der Waals surface area contributed by atoms with Crippen molar-refractivity contribution in [3.63, 3.8) is 0 Å². The van der Waals surface area contributed by atoms with Gasteiger partial charge >= 0.3 is 0 Å². The molecule has 4 rings (SSSR count). The van der Waals surface area contributed by atoms with Crippen molar-refractivity contribution < 1.29 is 22.7 Å². The van der Waals surface area contributed by atoms with Crippen LogP contribution in [0, 0.1) is 0 Å². The minimum absolute atomic E-state index is 0.0596. The minimum Gasteiger partial charge on any atom is -0.373 e. The number of aromatic nitrogens is 1. The van der Waals surface area contributed by atoms with E-state index in [1.54, 1.807) is 24.3 Å². The summed E-state index contributed by atoms with van der Waals surface area (Å²) in [6.45, 7) is 5.28. The molecule has 1 aliphatic heterocycles. The number of rotatable bonds is 11. The van der Waals surface area contributed by atoms with Gasteiger partial charge in [-0.25, -0.2) is 8.42 Å². The predicted octanol–water partition coefficient (Wildman–Crippen LogP) is 5.04. The lowest BCUT2D eigenvalue weighted by Crippen LogP contribution is -2.29. The molecule has 2 aromatic carbocycles. The topological polar surface area (TPSA) is 106 Å². The normalized spacial score (nSPS) is 14.8. The molecule has 1 amide bonds. The van der Waals surface area contributed by atoms with Gasteiger partial charge in [-0.2, -0.15) is 0 Å². The molecule has 0 aliphatic carbocycles. The molecule has 0 saturated heterocycles. The van der Waals surface area contributed by atoms with Crippen molar-refractivity contribution in [1.29, 1.82) is 0 Å². The molecule has 0 spiro atoms. The summed E-state index contributed by atoms with van der Waals surface area (Å²) in [6, 6.07) is 18.5. The number of sulfonamides is 1. The van der Waals surface area contributed by atoms with Crippen molar-refractivity contribution in [2.24, 2.45) is 0 Å². The molecule has 0 fully saturated rings. The molecule has 1 aliphatic rings.